The standard InChI is InChI=1S/C24H18BrClO4/c1-14-20(29-13-15-3-6-18(26)7-4-15)10-8-19-23(27)22(30-24(14)19)12-16-11-17(25)5-9-21(16)28-2/h3-12H,13H2,1-2H3/b22-12-. The summed E-state index contributed by atoms with van der Waals surface area (Å²) < 4.78 is 18.2. The minimum absolute atomic E-state index is 0.167. The molecule has 0 spiro atoms. The van der Waals surface area contributed by atoms with Gasteiger partial charge in [0.2, 0.25) is 5.78 Å². The van der Waals surface area contributed by atoms with Gasteiger partial charge in [-0.15, -0.1) is 0 Å². The summed E-state index contributed by atoms with van der Waals surface area (Å²) in [6, 6.07) is 16.6. The molecule has 4 rings (SSSR count). The maximum Gasteiger partial charge on any atom is 0.231 e. The van der Waals surface area contributed by atoms with Crippen molar-refractivity contribution in [1.82, 2.24) is 0 Å². The van der Waals surface area contributed by atoms with Crippen LogP contribution in [0, 0.1) is 6.92 Å². The van der Waals surface area contributed by atoms with Crippen LogP contribution in [-0.2, 0) is 6.61 Å². The van der Waals surface area contributed by atoms with Crippen LogP contribution < -0.4 is 14.2 Å². The fourth-order valence-corrected chi connectivity index (χ4v) is 3.73. The number of halogens is 2. The average molecular weight is 486 g/mol. The SMILES string of the molecule is COc1ccc(Br)cc1/C=C1\Oc2c(ccc(OCc3ccc(Cl)cc3)c2C)C1=O. The van der Waals surface area contributed by atoms with Crippen molar-refractivity contribution in [2.45, 2.75) is 13.5 Å². The second kappa shape index (κ2) is 8.54. The highest BCUT2D eigenvalue weighted by Gasteiger charge is 2.30. The number of benzene rings is 3. The number of carbonyl (C=O) groups excluding carboxylic acids is 1. The van der Waals surface area contributed by atoms with Gasteiger partial charge < -0.3 is 14.2 Å². The zero-order chi connectivity index (χ0) is 21.3. The fourth-order valence-electron chi connectivity index (χ4n) is 3.23. The Morgan fingerprint density at radius 1 is 1.07 bits per heavy atom. The molecule has 0 aromatic heterocycles. The molecule has 0 N–H and O–H groups in total. The van der Waals surface area contributed by atoms with E-state index in [1.807, 2.05) is 49.4 Å². The van der Waals surface area contributed by atoms with Crippen LogP contribution in [0.4, 0.5) is 0 Å². The molecular weight excluding hydrogens is 468 g/mol. The third kappa shape index (κ3) is 4.09. The molecule has 152 valence electrons. The molecule has 3 aromatic carbocycles. The molecule has 1 heterocycles. The molecule has 0 atom stereocenters. The van der Waals surface area contributed by atoms with Gasteiger partial charge in [0.05, 0.1) is 12.7 Å². The summed E-state index contributed by atoms with van der Waals surface area (Å²) >= 11 is 9.37. The number of Topliss-reactive ketones (excluding diaryl/α,β-unsaturated/α-hetero) is 1. The van der Waals surface area contributed by atoms with Gasteiger partial charge in [-0.05, 0) is 61.0 Å². The van der Waals surface area contributed by atoms with Gasteiger partial charge in [-0.1, -0.05) is 39.7 Å². The predicted octanol–water partition coefficient (Wildman–Crippen LogP) is 6.61. The summed E-state index contributed by atoms with van der Waals surface area (Å²) in [7, 11) is 1.59. The number of hydrogen-bond acceptors (Lipinski definition) is 4. The molecule has 30 heavy (non-hydrogen) atoms. The number of hydrogen-bond donors (Lipinski definition) is 0. The number of methoxy groups -OCH3 is 1. The topological polar surface area (TPSA) is 44.8 Å². The first-order valence-electron chi connectivity index (χ1n) is 9.25. The van der Waals surface area contributed by atoms with Gasteiger partial charge in [0.25, 0.3) is 0 Å². The highest BCUT2D eigenvalue weighted by molar-refractivity contribution is 9.10. The van der Waals surface area contributed by atoms with E-state index in [2.05, 4.69) is 15.9 Å². The number of ketones is 1. The van der Waals surface area contributed by atoms with Crippen LogP contribution in [0.1, 0.15) is 27.0 Å². The van der Waals surface area contributed by atoms with Gasteiger partial charge in [0, 0.05) is 20.6 Å². The Hall–Kier alpha value is -2.76. The molecule has 0 aliphatic carbocycles. The van der Waals surface area contributed by atoms with Crippen molar-refractivity contribution in [2.75, 3.05) is 7.11 Å². The lowest BCUT2D eigenvalue weighted by atomic mass is 10.1. The summed E-state index contributed by atoms with van der Waals surface area (Å²) in [5.41, 5.74) is 3.05. The second-order valence-electron chi connectivity index (χ2n) is 6.81. The zero-order valence-electron chi connectivity index (χ0n) is 16.4. The average Bonchev–Trinajstić information content (AvgIpc) is 3.05. The molecule has 0 saturated carbocycles. The van der Waals surface area contributed by atoms with E-state index in [1.165, 1.54) is 0 Å². The van der Waals surface area contributed by atoms with E-state index in [4.69, 9.17) is 25.8 Å². The first-order valence-corrected chi connectivity index (χ1v) is 10.4. The van der Waals surface area contributed by atoms with Crippen molar-refractivity contribution < 1.29 is 19.0 Å². The predicted molar refractivity (Wildman–Crippen MR) is 121 cm³/mol. The van der Waals surface area contributed by atoms with E-state index < -0.39 is 0 Å². The molecule has 3 aromatic rings. The summed E-state index contributed by atoms with van der Waals surface area (Å²) in [5.74, 6) is 1.92. The summed E-state index contributed by atoms with van der Waals surface area (Å²) in [6.07, 6.45) is 1.69. The highest BCUT2D eigenvalue weighted by Crippen LogP contribution is 2.40. The number of allylic oxidation sites excluding steroid dienone is 1. The van der Waals surface area contributed by atoms with Crippen LogP contribution in [0.25, 0.3) is 6.08 Å². The van der Waals surface area contributed by atoms with E-state index in [9.17, 15) is 4.79 Å². The second-order valence-corrected chi connectivity index (χ2v) is 8.16. The van der Waals surface area contributed by atoms with Crippen molar-refractivity contribution in [3.63, 3.8) is 0 Å². The van der Waals surface area contributed by atoms with Crippen LogP contribution in [0.5, 0.6) is 17.2 Å². The van der Waals surface area contributed by atoms with Crippen molar-refractivity contribution in [1.29, 1.82) is 0 Å². The smallest absolute Gasteiger partial charge is 0.231 e. The molecule has 0 unspecified atom stereocenters. The van der Waals surface area contributed by atoms with E-state index in [-0.39, 0.29) is 11.5 Å². The van der Waals surface area contributed by atoms with Gasteiger partial charge in [-0.3, -0.25) is 4.79 Å². The lowest BCUT2D eigenvalue weighted by Crippen LogP contribution is -1.99. The number of ether oxygens (including phenoxy) is 3. The van der Waals surface area contributed by atoms with Crippen molar-refractivity contribution in [3.8, 4) is 17.2 Å². The number of rotatable bonds is 5. The highest BCUT2D eigenvalue weighted by atomic mass is 79.9. The Kier molecular flexibility index (Phi) is 5.84. The molecule has 0 amide bonds. The molecule has 0 saturated heterocycles. The number of carbonyl (C=O) groups is 1. The Balaban J connectivity index is 1.59. The number of fused-ring (bicyclic) bond motifs is 1. The van der Waals surface area contributed by atoms with Gasteiger partial charge in [-0.25, -0.2) is 0 Å². The molecule has 0 radical (unpaired) electrons. The largest absolute Gasteiger partial charge is 0.496 e. The Morgan fingerprint density at radius 3 is 2.53 bits per heavy atom. The van der Waals surface area contributed by atoms with E-state index in [1.54, 1.807) is 25.3 Å². The zero-order valence-corrected chi connectivity index (χ0v) is 18.7. The van der Waals surface area contributed by atoms with Gasteiger partial charge >= 0.3 is 0 Å². The fraction of sp³-hybridized carbons (Fsp3) is 0.125. The first-order chi connectivity index (χ1) is 14.5. The monoisotopic (exact) mass is 484 g/mol. The van der Waals surface area contributed by atoms with Gasteiger partial charge in [0.15, 0.2) is 5.76 Å². The van der Waals surface area contributed by atoms with Crippen molar-refractivity contribution in [2.24, 2.45) is 0 Å². The molecule has 6 heteroatoms. The Bertz CT molecular complexity index is 1150. The molecule has 0 fully saturated rings. The molecule has 1 aliphatic rings. The quantitative estimate of drug-likeness (QED) is 0.381. The third-order valence-electron chi connectivity index (χ3n) is 4.82. The van der Waals surface area contributed by atoms with Crippen LogP contribution in [0.3, 0.4) is 0 Å². The van der Waals surface area contributed by atoms with Crippen LogP contribution >= 0.6 is 27.5 Å². The summed E-state index contributed by atoms with van der Waals surface area (Å²) in [5, 5.41) is 0.681. The molecular formula is C24H18BrClO4. The molecule has 0 bridgehead atoms. The van der Waals surface area contributed by atoms with E-state index in [0.29, 0.717) is 34.4 Å². The normalized spacial score (nSPS) is 13.9. The summed E-state index contributed by atoms with van der Waals surface area (Å²) in [6.45, 7) is 2.27. The van der Waals surface area contributed by atoms with Crippen molar-refractivity contribution >= 4 is 39.4 Å². The Morgan fingerprint density at radius 2 is 1.80 bits per heavy atom. The van der Waals surface area contributed by atoms with Crippen LogP contribution in [0.15, 0.2) is 64.8 Å². The molecule has 1 aliphatic heterocycles. The lowest BCUT2D eigenvalue weighted by Gasteiger charge is -2.11. The molecule has 4 nitrogen and oxygen atoms in total. The minimum atomic E-state index is -0.167. The van der Waals surface area contributed by atoms with Gasteiger partial charge in [0.1, 0.15) is 23.9 Å². The maximum atomic E-state index is 12.9. The van der Waals surface area contributed by atoms with E-state index >= 15 is 0 Å². The lowest BCUT2D eigenvalue weighted by molar-refractivity contribution is 0.101. The third-order valence-corrected chi connectivity index (χ3v) is 5.57. The first kappa shape index (κ1) is 20.5. The van der Waals surface area contributed by atoms with Gasteiger partial charge in [-0.2, -0.15) is 0 Å². The Labute approximate surface area is 188 Å². The minimum Gasteiger partial charge on any atom is -0.496 e. The van der Waals surface area contributed by atoms with E-state index in [0.717, 1.165) is 21.2 Å². The maximum absolute atomic E-state index is 12.9. The summed E-state index contributed by atoms with van der Waals surface area (Å²) in [4.78, 5) is 12.9. The van der Waals surface area contributed by atoms with Crippen LogP contribution in [0.2, 0.25) is 5.02 Å². The van der Waals surface area contributed by atoms with Crippen molar-refractivity contribution in [3.05, 3.63) is 92.1 Å². The van der Waals surface area contributed by atoms with Crippen LogP contribution in [-0.4, -0.2) is 12.9 Å².